The number of alkyl halides is 2. The number of piperazine rings is 1. The first-order chi connectivity index (χ1) is 41.7. The first-order valence-corrected chi connectivity index (χ1v) is 33.0. The Hall–Kier alpha value is -7.92. The van der Waals surface area contributed by atoms with E-state index in [4.69, 9.17) is 10.5 Å². The number of primary amides is 1. The Balaban J connectivity index is 0.788. The van der Waals surface area contributed by atoms with Crippen LogP contribution in [0.5, 0.6) is 5.75 Å². The quantitative estimate of drug-likeness (QED) is 0.0399. The van der Waals surface area contributed by atoms with Gasteiger partial charge in [0.15, 0.2) is 9.84 Å². The summed E-state index contributed by atoms with van der Waals surface area (Å²) in [5.41, 5.74) is 2.26. The predicted octanol–water partition coefficient (Wildman–Crippen LogP) is 1.72. The fourth-order valence-corrected chi connectivity index (χ4v) is 14.3. The minimum Gasteiger partial charge on any atom is -0.489 e. The van der Waals surface area contributed by atoms with Crippen molar-refractivity contribution in [3.8, 4) is 5.75 Å². The van der Waals surface area contributed by atoms with Crippen LogP contribution in [-0.4, -0.2) is 179 Å². The van der Waals surface area contributed by atoms with Crippen LogP contribution in [0.3, 0.4) is 0 Å². The van der Waals surface area contributed by atoms with E-state index in [9.17, 15) is 79.5 Å². The van der Waals surface area contributed by atoms with Gasteiger partial charge in [-0.2, -0.15) is 8.78 Å². The Kier molecular flexibility index (Phi) is 18.1. The lowest BCUT2D eigenvalue weighted by atomic mass is 10.0. The van der Waals surface area contributed by atoms with Gasteiger partial charge < -0.3 is 60.7 Å². The highest BCUT2D eigenvalue weighted by Crippen LogP contribution is 2.59. The second-order valence-electron chi connectivity index (χ2n) is 22.8. The standard InChI is InChI=1S/C57H65F2N10O16PS2/c1-88(83,84)36-10-6-31(7-11-36)26-61-51(74)39(13-18-46(60)70)62-53(76)43-14-9-34-20-21-65(29-40(56(79)69(34)43)63-54(77)45-25-32-24-33(8-17-44(32)87-45)57(58,59)86(80,81)82)48(72)4-2-3-5-49(73)66-22-23-67-35(27-66)30-85-50-38-28-68(42-16-19-47(71)64-52(42)75)55(78)37(38)12-15-41(50)67/h6-8,10-12,15,17,24-25,34-35,39-40,42-43H,2-5,9,13-14,16,18-23,26-30H2,1H3,(H2,60,70)(H,61,74)(H,62,76)(H,63,77)(H,64,71,75)(H2,80,81,82)/t34-,35-,39+,40+,42+,43+/m1/s1. The van der Waals surface area contributed by atoms with Crippen molar-refractivity contribution >= 4 is 104 Å². The minimum absolute atomic E-state index is 0.0393. The lowest BCUT2D eigenvalue weighted by Gasteiger charge is -2.46. The Morgan fingerprint density at radius 3 is 2.26 bits per heavy atom. The average molecular weight is 1280 g/mol. The molecular formula is C57H65F2N10O16PS2. The molecule has 3 aromatic carbocycles. The maximum Gasteiger partial charge on any atom is 0.399 e. The SMILES string of the molecule is CS(=O)(=O)c1ccc(CNC(=O)[C@H](CCC(N)=O)NC(=O)[C@@H]2CC[C@@H]3CCN(C(=O)CCCCC(=O)N4CCN5c6ccc7c(c6OC[C@H]5C4)CN([C@H]4CCC(=O)NC4=O)C7=O)C[C@H](NC(=O)c4cc5cc(C(F)(F)P(=O)(O)O)ccc5s4)C(=O)N32)cc1. The lowest BCUT2D eigenvalue weighted by molar-refractivity contribution is -0.145. The van der Waals surface area contributed by atoms with Crippen molar-refractivity contribution < 1.29 is 84.2 Å². The molecule has 470 valence electrons. The summed E-state index contributed by atoms with van der Waals surface area (Å²) in [4.78, 5) is 162. The topological polar surface area (TPSA) is 362 Å². The first kappa shape index (κ1) is 63.1. The molecule has 0 spiro atoms. The fourth-order valence-electron chi connectivity index (χ4n) is 12.3. The molecule has 8 N–H and O–H groups in total. The molecule has 6 aliphatic rings. The van der Waals surface area contributed by atoms with Gasteiger partial charge in [0.25, 0.3) is 11.8 Å². The molecule has 26 nitrogen and oxygen atoms in total. The van der Waals surface area contributed by atoms with E-state index in [1.807, 2.05) is 6.07 Å². The van der Waals surface area contributed by atoms with E-state index in [2.05, 4.69) is 26.2 Å². The number of anilines is 1. The lowest BCUT2D eigenvalue weighted by Crippen LogP contribution is -2.62. The highest BCUT2D eigenvalue weighted by molar-refractivity contribution is 7.90. The summed E-state index contributed by atoms with van der Waals surface area (Å²) in [7, 11) is -9.45. The van der Waals surface area contributed by atoms with Crippen LogP contribution in [-0.2, 0) is 71.5 Å². The number of hydrogen-bond donors (Lipinski definition) is 7. The molecule has 0 bridgehead atoms. The number of nitrogens with one attached hydrogen (secondary N) is 4. The van der Waals surface area contributed by atoms with Gasteiger partial charge in [-0.3, -0.25) is 57.8 Å². The summed E-state index contributed by atoms with van der Waals surface area (Å²) in [6, 6.07) is 7.60. The van der Waals surface area contributed by atoms with Crippen molar-refractivity contribution in [1.82, 2.24) is 40.9 Å². The number of rotatable bonds is 19. The average Bonchev–Trinajstić information content (AvgIpc) is 1.96. The minimum atomic E-state index is -5.95. The Bertz CT molecular complexity index is 3700. The summed E-state index contributed by atoms with van der Waals surface area (Å²) in [5.74, 6) is -5.08. The van der Waals surface area contributed by atoms with Crippen molar-refractivity contribution in [3.63, 3.8) is 0 Å². The van der Waals surface area contributed by atoms with Gasteiger partial charge in [0.2, 0.25) is 47.3 Å². The Labute approximate surface area is 506 Å². The molecule has 4 saturated heterocycles. The molecule has 4 fully saturated rings. The molecule has 0 aliphatic carbocycles. The molecule has 4 aromatic rings. The molecule has 10 amide bonds. The number of sulfone groups is 1. The van der Waals surface area contributed by atoms with E-state index in [1.54, 1.807) is 11.0 Å². The zero-order valence-corrected chi connectivity index (χ0v) is 50.1. The maximum atomic E-state index is 15.0. The molecule has 0 unspecified atom stereocenters. The van der Waals surface area contributed by atoms with E-state index < -0.39 is 100 Å². The first-order valence-electron chi connectivity index (χ1n) is 28.7. The van der Waals surface area contributed by atoms with E-state index in [0.29, 0.717) is 48.5 Å². The molecule has 0 radical (unpaired) electrons. The number of piperidine rings is 1. The van der Waals surface area contributed by atoms with Crippen LogP contribution in [0.1, 0.15) is 107 Å². The molecule has 0 saturated carbocycles. The molecule has 88 heavy (non-hydrogen) atoms. The number of amides is 10. The number of carbonyl (C=O) groups excluding carboxylic acids is 10. The summed E-state index contributed by atoms with van der Waals surface area (Å²) < 4.78 is 71.7. The Morgan fingerprint density at radius 1 is 0.864 bits per heavy atom. The summed E-state index contributed by atoms with van der Waals surface area (Å²) in [6.45, 7) is 1.16. The zero-order chi connectivity index (χ0) is 63.1. The van der Waals surface area contributed by atoms with Crippen LogP contribution in [0.4, 0.5) is 14.5 Å². The molecule has 1 aromatic heterocycles. The summed E-state index contributed by atoms with van der Waals surface area (Å²) >= 11 is 0.836. The monoisotopic (exact) mass is 1280 g/mol. The number of imide groups is 1. The van der Waals surface area contributed by atoms with E-state index >= 15 is 0 Å². The number of benzene rings is 3. The third-order valence-electron chi connectivity index (χ3n) is 17.0. The zero-order valence-electron chi connectivity index (χ0n) is 47.6. The van der Waals surface area contributed by atoms with Gasteiger partial charge in [0.05, 0.1) is 28.0 Å². The molecule has 6 atom stereocenters. The number of nitrogens with zero attached hydrogens (tertiary/aromatic N) is 5. The van der Waals surface area contributed by atoms with Crippen molar-refractivity contribution in [3.05, 3.63) is 87.8 Å². The Morgan fingerprint density at radius 2 is 1.58 bits per heavy atom. The van der Waals surface area contributed by atoms with Gasteiger partial charge in [-0.05, 0) is 98.4 Å². The number of carbonyl (C=O) groups is 10. The van der Waals surface area contributed by atoms with Gasteiger partial charge >= 0.3 is 13.3 Å². The summed E-state index contributed by atoms with van der Waals surface area (Å²) in [5, 5.41) is 10.4. The number of nitrogens with two attached hydrogens (primary N) is 1. The normalized spacial score (nSPS) is 21.7. The molecule has 31 heteroatoms. The summed E-state index contributed by atoms with van der Waals surface area (Å²) in [6.07, 6.45) is 2.06. The number of fused-ring (bicyclic) bond motifs is 7. The number of ether oxygens (including phenoxy) is 1. The van der Waals surface area contributed by atoms with Crippen LogP contribution in [0, 0.1) is 0 Å². The number of halogens is 2. The number of thiophene rings is 1. The van der Waals surface area contributed by atoms with Crippen LogP contribution < -0.4 is 36.6 Å². The van der Waals surface area contributed by atoms with Crippen molar-refractivity contribution in [2.75, 3.05) is 50.5 Å². The van der Waals surface area contributed by atoms with Crippen molar-refractivity contribution in [1.29, 1.82) is 0 Å². The van der Waals surface area contributed by atoms with Gasteiger partial charge in [-0.1, -0.05) is 18.2 Å². The second kappa shape index (κ2) is 25.3. The van der Waals surface area contributed by atoms with Crippen LogP contribution in [0.25, 0.3) is 10.1 Å². The van der Waals surface area contributed by atoms with E-state index in [0.717, 1.165) is 35.4 Å². The van der Waals surface area contributed by atoms with Gasteiger partial charge in [-0.15, -0.1) is 11.3 Å². The van der Waals surface area contributed by atoms with E-state index in [1.165, 1.54) is 51.1 Å². The smallest absolute Gasteiger partial charge is 0.399 e. The van der Waals surface area contributed by atoms with Crippen LogP contribution >= 0.6 is 18.9 Å². The van der Waals surface area contributed by atoms with Gasteiger partial charge in [0, 0.05) is 98.6 Å². The van der Waals surface area contributed by atoms with E-state index in [-0.39, 0.29) is 141 Å². The molecule has 10 rings (SSSR count). The van der Waals surface area contributed by atoms with Crippen LogP contribution in [0.2, 0.25) is 0 Å². The predicted molar refractivity (Wildman–Crippen MR) is 310 cm³/mol. The molecule has 7 heterocycles. The van der Waals surface area contributed by atoms with Gasteiger partial charge in [0.1, 0.15) is 36.5 Å². The number of hydrogen-bond acceptors (Lipinski definition) is 16. The number of unbranched alkanes of at least 4 members (excludes halogenated alkanes) is 1. The maximum absolute atomic E-state index is 15.0. The fraction of sp³-hybridized carbons (Fsp3) is 0.474. The van der Waals surface area contributed by atoms with Crippen molar-refractivity contribution in [2.24, 2.45) is 5.73 Å². The van der Waals surface area contributed by atoms with Gasteiger partial charge in [-0.25, -0.2) is 8.42 Å². The highest BCUT2D eigenvalue weighted by Gasteiger charge is 2.51. The highest BCUT2D eigenvalue weighted by atomic mass is 32.2. The third-order valence-corrected chi connectivity index (χ3v) is 20.2. The molecule has 6 aliphatic heterocycles. The molecular weight excluding hydrogens is 1210 g/mol. The van der Waals surface area contributed by atoms with Crippen molar-refractivity contribution in [2.45, 2.75) is 131 Å². The third kappa shape index (κ3) is 13.3. The largest absolute Gasteiger partial charge is 0.489 e. The second-order valence-corrected chi connectivity index (χ2v) is 27.6. The van der Waals surface area contributed by atoms with Crippen LogP contribution in [0.15, 0.2) is 65.6 Å².